The number of Topliss-reactive ketones (excluding diaryl/α,β-unsaturated/α-hetero) is 1. The Bertz CT molecular complexity index is 993. The number of ketones is 1. The molecule has 0 saturated heterocycles. The third-order valence-electron chi connectivity index (χ3n) is 3.90. The molecule has 1 aliphatic heterocycles. The van der Waals surface area contributed by atoms with E-state index in [9.17, 15) is 13.2 Å². The van der Waals surface area contributed by atoms with E-state index in [1.807, 2.05) is 0 Å². The summed E-state index contributed by atoms with van der Waals surface area (Å²) in [5, 5.41) is 0.306. The van der Waals surface area contributed by atoms with Crippen LogP contribution in [-0.4, -0.2) is 34.2 Å². The molecule has 130 valence electrons. The van der Waals surface area contributed by atoms with Crippen LogP contribution in [0.25, 0.3) is 6.08 Å². The first-order valence-electron chi connectivity index (χ1n) is 7.36. The summed E-state index contributed by atoms with van der Waals surface area (Å²) in [6, 6.07) is 9.44. The lowest BCUT2D eigenvalue weighted by atomic mass is 10.0. The molecular weight excluding hydrogens is 364 g/mol. The summed E-state index contributed by atoms with van der Waals surface area (Å²) < 4.78 is 35.3. The van der Waals surface area contributed by atoms with Crippen molar-refractivity contribution in [2.75, 3.05) is 20.0 Å². The number of rotatable bonds is 3. The molecule has 0 radical (unpaired) electrons. The van der Waals surface area contributed by atoms with Gasteiger partial charge in [0, 0.05) is 11.1 Å². The summed E-state index contributed by atoms with van der Waals surface area (Å²) in [6.07, 6.45) is 1.52. The predicted molar refractivity (Wildman–Crippen MR) is 95.4 cm³/mol. The predicted octanol–water partition coefficient (Wildman–Crippen LogP) is 3.41. The maximum atomic E-state index is 12.6. The van der Waals surface area contributed by atoms with Gasteiger partial charge in [-0.3, -0.25) is 4.79 Å². The largest absolute Gasteiger partial charge is 0.493 e. The van der Waals surface area contributed by atoms with Crippen molar-refractivity contribution in [2.45, 2.75) is 4.90 Å². The standard InChI is InChI=1S/C18H15ClO5S/c1-23-15-9-11(8-14(19)18(15)24-2)7-12-10-25(21,22)16-6-4-3-5-13(16)17(12)20/h3-9H,10H2,1-2H3/b12-7+. The number of fused-ring (bicyclic) bond motifs is 1. The number of hydrogen-bond acceptors (Lipinski definition) is 5. The van der Waals surface area contributed by atoms with E-state index in [0.717, 1.165) is 0 Å². The Labute approximate surface area is 150 Å². The van der Waals surface area contributed by atoms with Gasteiger partial charge in [0.15, 0.2) is 27.1 Å². The van der Waals surface area contributed by atoms with Crippen molar-refractivity contribution in [1.82, 2.24) is 0 Å². The van der Waals surface area contributed by atoms with Crippen LogP contribution in [0.5, 0.6) is 11.5 Å². The second-order valence-corrected chi connectivity index (χ2v) is 7.86. The van der Waals surface area contributed by atoms with Crippen LogP contribution in [0.4, 0.5) is 0 Å². The number of halogens is 1. The van der Waals surface area contributed by atoms with E-state index < -0.39 is 9.84 Å². The smallest absolute Gasteiger partial charge is 0.191 e. The van der Waals surface area contributed by atoms with Crippen LogP contribution in [-0.2, 0) is 9.84 Å². The minimum absolute atomic E-state index is 0.0718. The second kappa shape index (κ2) is 6.54. The minimum atomic E-state index is -3.56. The van der Waals surface area contributed by atoms with Gasteiger partial charge in [0.2, 0.25) is 0 Å². The van der Waals surface area contributed by atoms with Crippen LogP contribution in [0.3, 0.4) is 0 Å². The monoisotopic (exact) mass is 378 g/mol. The van der Waals surface area contributed by atoms with Crippen LogP contribution in [0, 0.1) is 0 Å². The lowest BCUT2D eigenvalue weighted by Crippen LogP contribution is -2.24. The average molecular weight is 379 g/mol. The Balaban J connectivity index is 2.12. The van der Waals surface area contributed by atoms with E-state index in [1.165, 1.54) is 32.4 Å². The van der Waals surface area contributed by atoms with E-state index in [2.05, 4.69) is 0 Å². The van der Waals surface area contributed by atoms with E-state index in [1.54, 1.807) is 24.3 Å². The molecular formula is C18H15ClO5S. The van der Waals surface area contributed by atoms with Crippen molar-refractivity contribution in [3.8, 4) is 11.5 Å². The van der Waals surface area contributed by atoms with Gasteiger partial charge in [-0.25, -0.2) is 8.42 Å². The highest BCUT2D eigenvalue weighted by Crippen LogP contribution is 2.37. The fourth-order valence-electron chi connectivity index (χ4n) is 2.78. The van der Waals surface area contributed by atoms with Crippen LogP contribution in [0.2, 0.25) is 5.02 Å². The molecule has 0 N–H and O–H groups in total. The summed E-state index contributed by atoms with van der Waals surface area (Å²) >= 11 is 6.17. The van der Waals surface area contributed by atoms with Crippen LogP contribution < -0.4 is 9.47 Å². The zero-order valence-electron chi connectivity index (χ0n) is 13.6. The van der Waals surface area contributed by atoms with Gasteiger partial charge in [-0.1, -0.05) is 23.7 Å². The molecule has 0 spiro atoms. The van der Waals surface area contributed by atoms with Crippen LogP contribution in [0.1, 0.15) is 15.9 Å². The van der Waals surface area contributed by atoms with E-state index in [-0.39, 0.29) is 27.6 Å². The Morgan fingerprint density at radius 2 is 1.84 bits per heavy atom. The molecule has 3 rings (SSSR count). The molecule has 0 bridgehead atoms. The molecule has 25 heavy (non-hydrogen) atoms. The van der Waals surface area contributed by atoms with Crippen molar-refractivity contribution in [3.05, 3.63) is 58.1 Å². The summed E-state index contributed by atoms with van der Waals surface area (Å²) in [5.41, 5.74) is 0.925. The summed E-state index contributed by atoms with van der Waals surface area (Å²) in [6.45, 7) is 0. The summed E-state index contributed by atoms with van der Waals surface area (Å²) in [7, 11) is -0.623. The van der Waals surface area contributed by atoms with Gasteiger partial charge < -0.3 is 9.47 Å². The quantitative estimate of drug-likeness (QED) is 0.765. The number of carbonyl (C=O) groups is 1. The van der Waals surface area contributed by atoms with Crippen molar-refractivity contribution in [2.24, 2.45) is 0 Å². The van der Waals surface area contributed by atoms with Crippen LogP contribution in [0.15, 0.2) is 46.9 Å². The molecule has 1 heterocycles. The molecule has 2 aromatic rings. The lowest BCUT2D eigenvalue weighted by molar-refractivity contribution is 0.103. The van der Waals surface area contributed by atoms with Gasteiger partial charge in [-0.2, -0.15) is 0 Å². The molecule has 0 saturated carbocycles. The second-order valence-electron chi connectivity index (χ2n) is 5.49. The molecule has 2 aromatic carbocycles. The van der Waals surface area contributed by atoms with Crippen molar-refractivity contribution >= 4 is 33.3 Å². The van der Waals surface area contributed by atoms with Crippen molar-refractivity contribution < 1.29 is 22.7 Å². The Kier molecular flexibility index (Phi) is 4.58. The Morgan fingerprint density at radius 3 is 2.52 bits per heavy atom. The Morgan fingerprint density at radius 1 is 1.12 bits per heavy atom. The van der Waals surface area contributed by atoms with Crippen molar-refractivity contribution in [1.29, 1.82) is 0 Å². The molecule has 0 atom stereocenters. The van der Waals surface area contributed by atoms with E-state index in [0.29, 0.717) is 22.1 Å². The highest BCUT2D eigenvalue weighted by Gasteiger charge is 2.32. The average Bonchev–Trinajstić information content (AvgIpc) is 2.59. The first-order valence-corrected chi connectivity index (χ1v) is 9.39. The zero-order chi connectivity index (χ0) is 18.2. The third-order valence-corrected chi connectivity index (χ3v) is 5.90. The zero-order valence-corrected chi connectivity index (χ0v) is 15.1. The number of carbonyl (C=O) groups excluding carboxylic acids is 1. The molecule has 0 aromatic heterocycles. The number of methoxy groups -OCH3 is 2. The molecule has 0 aliphatic carbocycles. The first-order chi connectivity index (χ1) is 11.9. The topological polar surface area (TPSA) is 69.7 Å². The molecule has 7 heteroatoms. The first kappa shape index (κ1) is 17.5. The fraction of sp³-hybridized carbons (Fsp3) is 0.167. The van der Waals surface area contributed by atoms with Gasteiger partial charge in [-0.15, -0.1) is 0 Å². The fourth-order valence-corrected chi connectivity index (χ4v) is 4.63. The number of hydrogen-bond donors (Lipinski definition) is 0. The van der Waals surface area contributed by atoms with Gasteiger partial charge >= 0.3 is 0 Å². The van der Waals surface area contributed by atoms with Crippen molar-refractivity contribution in [3.63, 3.8) is 0 Å². The maximum Gasteiger partial charge on any atom is 0.191 e. The molecule has 0 unspecified atom stereocenters. The van der Waals surface area contributed by atoms with E-state index in [4.69, 9.17) is 21.1 Å². The van der Waals surface area contributed by atoms with Crippen LogP contribution >= 0.6 is 11.6 Å². The molecule has 0 fully saturated rings. The summed E-state index contributed by atoms with van der Waals surface area (Å²) in [5.74, 6) is 0.110. The molecule has 0 amide bonds. The van der Waals surface area contributed by atoms with Gasteiger partial charge in [0.05, 0.1) is 29.9 Å². The van der Waals surface area contributed by atoms with E-state index >= 15 is 0 Å². The minimum Gasteiger partial charge on any atom is -0.493 e. The number of ether oxygens (including phenoxy) is 2. The van der Waals surface area contributed by atoms with Gasteiger partial charge in [0.1, 0.15) is 0 Å². The molecule has 5 nitrogen and oxygen atoms in total. The SMILES string of the molecule is COc1cc(/C=C2\CS(=O)(=O)c3ccccc3C2=O)cc(Cl)c1OC. The Hall–Kier alpha value is -2.31. The lowest BCUT2D eigenvalue weighted by Gasteiger charge is -2.18. The highest BCUT2D eigenvalue weighted by atomic mass is 35.5. The molecule has 1 aliphatic rings. The third kappa shape index (κ3) is 3.15. The van der Waals surface area contributed by atoms with Gasteiger partial charge in [-0.05, 0) is 35.9 Å². The maximum absolute atomic E-state index is 12.6. The summed E-state index contributed by atoms with van der Waals surface area (Å²) in [4.78, 5) is 12.7. The normalized spacial score (nSPS) is 17.2. The highest BCUT2D eigenvalue weighted by molar-refractivity contribution is 7.91. The number of benzene rings is 2. The number of sulfone groups is 1. The van der Waals surface area contributed by atoms with Gasteiger partial charge in [0.25, 0.3) is 0 Å².